The van der Waals surface area contributed by atoms with Crippen molar-refractivity contribution in [3.05, 3.63) is 30.3 Å². The van der Waals surface area contributed by atoms with Gasteiger partial charge in [0, 0.05) is 6.26 Å². The maximum atomic E-state index is 11.6. The Balaban J connectivity index is 2.69. The van der Waals surface area contributed by atoms with Crippen LogP contribution in [-0.4, -0.2) is 31.2 Å². The fraction of sp³-hybridized carbons (Fsp3) is 0.231. The van der Waals surface area contributed by atoms with E-state index in [1.807, 2.05) is 30.3 Å². The van der Waals surface area contributed by atoms with Crippen LogP contribution in [0.5, 0.6) is 5.88 Å². The third kappa shape index (κ3) is 2.88. The minimum atomic E-state index is -3.55. The molecule has 6 nitrogen and oxygen atoms in total. The van der Waals surface area contributed by atoms with Gasteiger partial charge in [0.15, 0.2) is 0 Å². The zero-order valence-electron chi connectivity index (χ0n) is 11.2. The first-order chi connectivity index (χ1) is 9.43. The maximum Gasteiger partial charge on any atom is 0.252 e. The van der Waals surface area contributed by atoms with Crippen molar-refractivity contribution >= 4 is 15.7 Å². The quantitative estimate of drug-likeness (QED) is 0.859. The zero-order valence-corrected chi connectivity index (χ0v) is 12.0. The van der Waals surface area contributed by atoms with Crippen LogP contribution in [0, 0.1) is 0 Å². The van der Waals surface area contributed by atoms with Crippen LogP contribution in [-0.2, 0) is 9.84 Å². The summed E-state index contributed by atoms with van der Waals surface area (Å²) in [4.78, 5) is 7.83. The fourth-order valence-electron chi connectivity index (χ4n) is 1.72. The van der Waals surface area contributed by atoms with Gasteiger partial charge >= 0.3 is 0 Å². The number of sulfone groups is 1. The normalized spacial score (nSPS) is 11.3. The molecule has 1 aromatic heterocycles. The standard InChI is InChI=1S/C13H15N3O3S/c1-3-19-12-10(9-7-5-4-6-8-9)11(14)15-13(16-12)20(2,17)18/h4-8H,3H2,1-2H3,(H2,14,15,16). The van der Waals surface area contributed by atoms with Gasteiger partial charge in [0.2, 0.25) is 15.7 Å². The average Bonchev–Trinajstić information content (AvgIpc) is 2.38. The van der Waals surface area contributed by atoms with Crippen molar-refractivity contribution < 1.29 is 13.2 Å². The molecule has 0 bridgehead atoms. The predicted molar refractivity (Wildman–Crippen MR) is 76.2 cm³/mol. The fourth-order valence-corrected chi connectivity index (χ4v) is 2.23. The van der Waals surface area contributed by atoms with Crippen LogP contribution in [0.25, 0.3) is 11.1 Å². The number of benzene rings is 1. The molecule has 0 aliphatic carbocycles. The number of nitrogen functional groups attached to an aromatic ring is 1. The number of aromatic nitrogens is 2. The Morgan fingerprint density at radius 3 is 2.40 bits per heavy atom. The molecule has 0 fully saturated rings. The van der Waals surface area contributed by atoms with Crippen LogP contribution in [0.1, 0.15) is 6.92 Å². The molecular weight excluding hydrogens is 278 g/mol. The first-order valence-corrected chi connectivity index (χ1v) is 7.88. The lowest BCUT2D eigenvalue weighted by atomic mass is 10.1. The molecule has 0 atom stereocenters. The summed E-state index contributed by atoms with van der Waals surface area (Å²) in [5, 5.41) is -0.335. The Hall–Kier alpha value is -2.15. The van der Waals surface area contributed by atoms with Crippen LogP contribution in [0.15, 0.2) is 35.5 Å². The minimum Gasteiger partial charge on any atom is -0.477 e. The minimum absolute atomic E-state index is 0.0788. The van der Waals surface area contributed by atoms with Crippen LogP contribution >= 0.6 is 0 Å². The molecule has 0 aliphatic rings. The van der Waals surface area contributed by atoms with E-state index in [0.29, 0.717) is 12.2 Å². The molecule has 0 saturated carbocycles. The number of anilines is 1. The second kappa shape index (κ2) is 5.46. The maximum absolute atomic E-state index is 11.6. The summed E-state index contributed by atoms with van der Waals surface area (Å²) in [6.45, 7) is 2.13. The molecule has 20 heavy (non-hydrogen) atoms. The van der Waals surface area contributed by atoms with Crippen molar-refractivity contribution in [2.24, 2.45) is 0 Å². The van der Waals surface area contributed by atoms with Crippen molar-refractivity contribution in [2.75, 3.05) is 18.6 Å². The molecule has 7 heteroatoms. The number of hydrogen-bond acceptors (Lipinski definition) is 6. The number of nitrogens with two attached hydrogens (primary N) is 1. The third-order valence-corrected chi connectivity index (χ3v) is 3.40. The van der Waals surface area contributed by atoms with Crippen LogP contribution in [0.3, 0.4) is 0 Å². The van der Waals surface area contributed by atoms with Crippen LogP contribution < -0.4 is 10.5 Å². The van der Waals surface area contributed by atoms with Gasteiger partial charge in [-0.2, -0.15) is 4.98 Å². The Kier molecular flexibility index (Phi) is 3.89. The summed E-state index contributed by atoms with van der Waals surface area (Å²) in [5.41, 5.74) is 7.16. The van der Waals surface area contributed by atoms with Crippen molar-refractivity contribution in [1.82, 2.24) is 9.97 Å². The van der Waals surface area contributed by atoms with E-state index >= 15 is 0 Å². The molecule has 1 heterocycles. The SMILES string of the molecule is CCOc1nc(S(C)(=O)=O)nc(N)c1-c1ccccc1. The molecule has 0 amide bonds. The van der Waals surface area contributed by atoms with E-state index < -0.39 is 9.84 Å². The van der Waals surface area contributed by atoms with E-state index in [2.05, 4.69) is 9.97 Å². The summed E-state index contributed by atoms with van der Waals surface area (Å²) >= 11 is 0. The van der Waals surface area contributed by atoms with Gasteiger partial charge in [-0.25, -0.2) is 13.4 Å². The van der Waals surface area contributed by atoms with Gasteiger partial charge in [-0.15, -0.1) is 0 Å². The molecular formula is C13H15N3O3S. The lowest BCUT2D eigenvalue weighted by molar-refractivity contribution is 0.324. The lowest BCUT2D eigenvalue weighted by Gasteiger charge is -2.12. The third-order valence-electron chi connectivity index (χ3n) is 2.56. The summed E-state index contributed by atoms with van der Waals surface area (Å²) < 4.78 is 28.5. The Bertz CT molecular complexity index is 715. The molecule has 2 N–H and O–H groups in total. The van der Waals surface area contributed by atoms with Gasteiger partial charge in [0.25, 0.3) is 5.16 Å². The highest BCUT2D eigenvalue weighted by molar-refractivity contribution is 7.90. The Morgan fingerprint density at radius 1 is 1.20 bits per heavy atom. The van der Waals surface area contributed by atoms with E-state index in [0.717, 1.165) is 11.8 Å². The largest absolute Gasteiger partial charge is 0.477 e. The highest BCUT2D eigenvalue weighted by atomic mass is 32.2. The van der Waals surface area contributed by atoms with E-state index in [1.165, 1.54) is 0 Å². The molecule has 0 saturated heterocycles. The van der Waals surface area contributed by atoms with Crippen molar-refractivity contribution in [1.29, 1.82) is 0 Å². The first-order valence-electron chi connectivity index (χ1n) is 5.99. The number of rotatable bonds is 4. The summed E-state index contributed by atoms with van der Waals surface area (Å²) in [5.74, 6) is 0.252. The van der Waals surface area contributed by atoms with Crippen molar-refractivity contribution in [3.8, 4) is 17.0 Å². The zero-order chi connectivity index (χ0) is 14.8. The molecule has 0 aliphatic heterocycles. The summed E-state index contributed by atoms with van der Waals surface area (Å²) in [6.07, 6.45) is 1.03. The van der Waals surface area contributed by atoms with E-state index in [-0.39, 0.29) is 16.9 Å². The molecule has 106 valence electrons. The summed E-state index contributed by atoms with van der Waals surface area (Å²) in [6, 6.07) is 9.21. The lowest BCUT2D eigenvalue weighted by Crippen LogP contribution is -2.10. The Morgan fingerprint density at radius 2 is 1.85 bits per heavy atom. The summed E-state index contributed by atoms with van der Waals surface area (Å²) in [7, 11) is -3.55. The van der Waals surface area contributed by atoms with Crippen LogP contribution in [0.4, 0.5) is 5.82 Å². The monoisotopic (exact) mass is 293 g/mol. The van der Waals surface area contributed by atoms with Crippen molar-refractivity contribution in [3.63, 3.8) is 0 Å². The van der Waals surface area contributed by atoms with Crippen molar-refractivity contribution in [2.45, 2.75) is 12.1 Å². The second-order valence-electron chi connectivity index (χ2n) is 4.14. The van der Waals surface area contributed by atoms with Gasteiger partial charge in [-0.3, -0.25) is 0 Å². The Labute approximate surface area is 117 Å². The predicted octanol–water partition coefficient (Wildman–Crippen LogP) is 1.53. The molecule has 0 unspecified atom stereocenters. The van der Waals surface area contributed by atoms with E-state index in [9.17, 15) is 8.42 Å². The number of ether oxygens (including phenoxy) is 1. The molecule has 2 rings (SSSR count). The van der Waals surface area contributed by atoms with Gasteiger partial charge in [0.1, 0.15) is 5.82 Å². The topological polar surface area (TPSA) is 95.2 Å². The smallest absolute Gasteiger partial charge is 0.252 e. The van der Waals surface area contributed by atoms with Gasteiger partial charge in [0.05, 0.1) is 12.2 Å². The van der Waals surface area contributed by atoms with Gasteiger partial charge in [-0.1, -0.05) is 30.3 Å². The first kappa shape index (κ1) is 14.3. The van der Waals surface area contributed by atoms with Gasteiger partial charge in [-0.05, 0) is 12.5 Å². The molecule has 0 radical (unpaired) electrons. The number of nitrogens with zero attached hydrogens (tertiary/aromatic N) is 2. The molecule has 1 aromatic carbocycles. The average molecular weight is 293 g/mol. The van der Waals surface area contributed by atoms with E-state index in [1.54, 1.807) is 6.92 Å². The van der Waals surface area contributed by atoms with Crippen LogP contribution in [0.2, 0.25) is 0 Å². The van der Waals surface area contributed by atoms with Gasteiger partial charge < -0.3 is 10.5 Å². The van der Waals surface area contributed by atoms with E-state index in [4.69, 9.17) is 10.5 Å². The second-order valence-corrected chi connectivity index (χ2v) is 6.05. The molecule has 2 aromatic rings. The number of hydrogen-bond donors (Lipinski definition) is 1. The molecule has 0 spiro atoms. The highest BCUT2D eigenvalue weighted by Gasteiger charge is 2.20. The highest BCUT2D eigenvalue weighted by Crippen LogP contribution is 2.33.